The van der Waals surface area contributed by atoms with E-state index >= 15 is 0 Å². The van der Waals surface area contributed by atoms with E-state index in [4.69, 9.17) is 15.1 Å². The van der Waals surface area contributed by atoms with Gasteiger partial charge in [0.05, 0.1) is 19.3 Å². The van der Waals surface area contributed by atoms with E-state index in [1.807, 2.05) is 31.2 Å². The van der Waals surface area contributed by atoms with Crippen molar-refractivity contribution in [3.63, 3.8) is 0 Å². The molecule has 0 radical (unpaired) electrons. The van der Waals surface area contributed by atoms with Crippen LogP contribution in [0.1, 0.15) is 17.2 Å². The maximum absolute atomic E-state index is 8.87. The molecule has 14 heavy (non-hydrogen) atoms. The number of rotatable bonds is 4. The predicted octanol–water partition coefficient (Wildman–Crippen LogP) is 1.57. The van der Waals surface area contributed by atoms with Crippen molar-refractivity contribution >= 4 is 0 Å². The summed E-state index contributed by atoms with van der Waals surface area (Å²) in [6.45, 7) is 2.05. The highest BCUT2D eigenvalue weighted by molar-refractivity contribution is 5.30. The molecular formula is C11H13NO2. The molecule has 1 atom stereocenters. The molecular weight excluding hydrogens is 178 g/mol. The number of nitrogens with zero attached hydrogens (tertiary/aromatic N) is 1. The Morgan fingerprint density at radius 2 is 2.21 bits per heavy atom. The highest BCUT2D eigenvalue weighted by Crippen LogP contribution is 2.19. The molecule has 0 aliphatic heterocycles. The fraction of sp³-hybridized carbons (Fsp3) is 0.364. The van der Waals surface area contributed by atoms with Gasteiger partial charge in [0.2, 0.25) is 0 Å². The molecule has 3 heteroatoms. The van der Waals surface area contributed by atoms with Crippen molar-refractivity contribution in [3.05, 3.63) is 35.4 Å². The van der Waals surface area contributed by atoms with Crippen molar-refractivity contribution in [2.45, 2.75) is 13.0 Å². The summed E-state index contributed by atoms with van der Waals surface area (Å²) >= 11 is 0. The third kappa shape index (κ3) is 2.56. The normalized spacial score (nSPS) is 12.1. The van der Waals surface area contributed by atoms with E-state index in [0.717, 1.165) is 11.1 Å². The van der Waals surface area contributed by atoms with Crippen molar-refractivity contribution in [1.29, 1.82) is 5.26 Å². The summed E-state index contributed by atoms with van der Waals surface area (Å²) in [4.78, 5) is 0. The summed E-state index contributed by atoms with van der Waals surface area (Å²) in [6, 6.07) is 9.64. The van der Waals surface area contributed by atoms with Crippen LogP contribution in [0.15, 0.2) is 24.3 Å². The van der Waals surface area contributed by atoms with Gasteiger partial charge in [-0.15, -0.1) is 0 Å². The molecule has 1 aromatic carbocycles. The van der Waals surface area contributed by atoms with E-state index < -0.39 is 6.10 Å². The van der Waals surface area contributed by atoms with Crippen LogP contribution in [0, 0.1) is 18.3 Å². The van der Waals surface area contributed by atoms with Gasteiger partial charge >= 0.3 is 0 Å². The van der Waals surface area contributed by atoms with Crippen LogP contribution in [0.25, 0.3) is 0 Å². The Bertz CT molecular complexity index is 330. The van der Waals surface area contributed by atoms with Crippen LogP contribution >= 0.6 is 0 Å². The predicted molar refractivity (Wildman–Crippen MR) is 52.6 cm³/mol. The minimum Gasteiger partial charge on any atom is -0.394 e. The smallest absolute Gasteiger partial charge is 0.169 e. The van der Waals surface area contributed by atoms with Gasteiger partial charge in [0.25, 0.3) is 0 Å². The lowest BCUT2D eigenvalue weighted by Gasteiger charge is -2.12. The Morgan fingerprint density at radius 1 is 1.50 bits per heavy atom. The minimum atomic E-state index is -0.580. The molecule has 0 fully saturated rings. The average molecular weight is 191 g/mol. The number of benzene rings is 1. The molecule has 0 saturated carbocycles. The lowest BCUT2D eigenvalue weighted by molar-refractivity contribution is 0.0578. The zero-order valence-electron chi connectivity index (χ0n) is 8.10. The van der Waals surface area contributed by atoms with Gasteiger partial charge in [-0.3, -0.25) is 0 Å². The second-order valence-electron chi connectivity index (χ2n) is 2.96. The lowest BCUT2D eigenvalue weighted by atomic mass is 10.0. The maximum atomic E-state index is 8.87. The molecule has 0 aromatic heterocycles. The van der Waals surface area contributed by atoms with Crippen LogP contribution in [-0.4, -0.2) is 18.3 Å². The Kier molecular flexibility index (Phi) is 4.11. The summed E-state index contributed by atoms with van der Waals surface area (Å²) in [7, 11) is 0. The molecule has 0 amide bonds. The van der Waals surface area contributed by atoms with Crippen LogP contribution in [0.2, 0.25) is 0 Å². The first kappa shape index (κ1) is 10.7. The summed E-state index contributed by atoms with van der Waals surface area (Å²) < 4.78 is 5.20. The standard InChI is InChI=1S/C11H13NO2/c1-9-4-2-3-5-10(9)11(8-12)14-7-6-13/h2-5,11,13H,6-7H2,1H3. The van der Waals surface area contributed by atoms with Crippen LogP contribution in [0.3, 0.4) is 0 Å². The first-order valence-electron chi connectivity index (χ1n) is 4.47. The van der Waals surface area contributed by atoms with Crippen molar-refractivity contribution in [3.8, 4) is 6.07 Å². The van der Waals surface area contributed by atoms with Crippen LogP contribution in [-0.2, 0) is 4.74 Å². The second-order valence-corrected chi connectivity index (χ2v) is 2.96. The minimum absolute atomic E-state index is 0.0654. The van der Waals surface area contributed by atoms with Crippen LogP contribution in [0.4, 0.5) is 0 Å². The van der Waals surface area contributed by atoms with Gasteiger partial charge in [-0.2, -0.15) is 5.26 Å². The SMILES string of the molecule is Cc1ccccc1C(C#N)OCCO. The van der Waals surface area contributed by atoms with Gasteiger partial charge in [-0.25, -0.2) is 0 Å². The topological polar surface area (TPSA) is 53.2 Å². The summed E-state index contributed by atoms with van der Waals surface area (Å²) in [5.41, 5.74) is 1.89. The van der Waals surface area contributed by atoms with Gasteiger partial charge in [-0.1, -0.05) is 24.3 Å². The molecule has 1 aromatic rings. The Balaban J connectivity index is 2.80. The zero-order chi connectivity index (χ0) is 10.4. The monoisotopic (exact) mass is 191 g/mol. The van der Waals surface area contributed by atoms with E-state index in [1.165, 1.54) is 0 Å². The van der Waals surface area contributed by atoms with Crippen molar-refractivity contribution in [2.24, 2.45) is 0 Å². The Labute approximate surface area is 83.6 Å². The Morgan fingerprint density at radius 3 is 2.79 bits per heavy atom. The quantitative estimate of drug-likeness (QED) is 0.785. The zero-order valence-corrected chi connectivity index (χ0v) is 8.10. The summed E-state index contributed by atoms with van der Waals surface area (Å²) in [5.74, 6) is 0. The number of aryl methyl sites for hydroxylation is 1. The molecule has 74 valence electrons. The molecule has 0 aliphatic rings. The molecule has 1 N–H and O–H groups in total. The number of hydrogen-bond donors (Lipinski definition) is 1. The fourth-order valence-electron chi connectivity index (χ4n) is 1.25. The van der Waals surface area contributed by atoms with E-state index in [1.54, 1.807) is 0 Å². The number of nitriles is 1. The highest BCUT2D eigenvalue weighted by Gasteiger charge is 2.11. The fourth-order valence-corrected chi connectivity index (χ4v) is 1.25. The van der Waals surface area contributed by atoms with E-state index in [0.29, 0.717) is 0 Å². The molecule has 0 heterocycles. The summed E-state index contributed by atoms with van der Waals surface area (Å²) in [5, 5.41) is 17.5. The number of aliphatic hydroxyl groups excluding tert-OH is 1. The Hall–Kier alpha value is -1.37. The number of ether oxygens (including phenoxy) is 1. The molecule has 0 spiro atoms. The number of hydrogen-bond acceptors (Lipinski definition) is 3. The van der Waals surface area contributed by atoms with Gasteiger partial charge in [0.15, 0.2) is 6.10 Å². The molecule has 0 bridgehead atoms. The van der Waals surface area contributed by atoms with Gasteiger partial charge in [-0.05, 0) is 18.1 Å². The van der Waals surface area contributed by atoms with Crippen molar-refractivity contribution in [1.82, 2.24) is 0 Å². The molecule has 0 aliphatic carbocycles. The number of aliphatic hydroxyl groups is 1. The summed E-state index contributed by atoms with van der Waals surface area (Å²) in [6.07, 6.45) is -0.580. The van der Waals surface area contributed by atoms with E-state index in [-0.39, 0.29) is 13.2 Å². The molecule has 3 nitrogen and oxygen atoms in total. The van der Waals surface area contributed by atoms with Gasteiger partial charge in [0, 0.05) is 0 Å². The van der Waals surface area contributed by atoms with Crippen molar-refractivity contribution in [2.75, 3.05) is 13.2 Å². The van der Waals surface area contributed by atoms with E-state index in [9.17, 15) is 0 Å². The third-order valence-electron chi connectivity index (χ3n) is 1.96. The maximum Gasteiger partial charge on any atom is 0.169 e. The lowest BCUT2D eigenvalue weighted by Crippen LogP contribution is -2.07. The molecule has 1 rings (SSSR count). The van der Waals surface area contributed by atoms with Crippen LogP contribution in [0.5, 0.6) is 0 Å². The first-order valence-corrected chi connectivity index (χ1v) is 4.47. The van der Waals surface area contributed by atoms with Crippen LogP contribution < -0.4 is 0 Å². The van der Waals surface area contributed by atoms with Gasteiger partial charge in [0.1, 0.15) is 0 Å². The van der Waals surface area contributed by atoms with E-state index in [2.05, 4.69) is 6.07 Å². The molecule has 1 unspecified atom stereocenters. The second kappa shape index (κ2) is 5.38. The van der Waals surface area contributed by atoms with Gasteiger partial charge < -0.3 is 9.84 Å². The highest BCUT2D eigenvalue weighted by atomic mass is 16.5. The molecule has 0 saturated heterocycles. The first-order chi connectivity index (χ1) is 6.79. The van der Waals surface area contributed by atoms with Crippen molar-refractivity contribution < 1.29 is 9.84 Å². The largest absolute Gasteiger partial charge is 0.394 e. The third-order valence-corrected chi connectivity index (χ3v) is 1.96. The average Bonchev–Trinajstić information content (AvgIpc) is 2.21.